The second-order valence-corrected chi connectivity index (χ2v) is 19.2. The molecule has 3 rings (SSSR count). The summed E-state index contributed by atoms with van der Waals surface area (Å²) in [5.74, 6) is -2.78. The van der Waals surface area contributed by atoms with Crippen molar-refractivity contribution in [3.63, 3.8) is 0 Å². The number of hydrogen-bond donors (Lipinski definition) is 4. The highest BCUT2D eigenvalue weighted by atomic mass is 28.4. The first kappa shape index (κ1) is 42.8. The monoisotopic (exact) mass is 756 g/mol. The summed E-state index contributed by atoms with van der Waals surface area (Å²) in [6.45, 7) is 12.5. The third kappa shape index (κ3) is 12.2. The fourth-order valence-corrected chi connectivity index (χ4v) is 6.81. The minimum Gasteiger partial charge on any atom is -0.504 e. The Morgan fingerprint density at radius 2 is 1.64 bits per heavy atom. The largest absolute Gasteiger partial charge is 0.504 e. The molecule has 2 aromatic carbocycles. The molecule has 5 N–H and O–H groups in total. The Hall–Kier alpha value is -4.60. The molecule has 0 fully saturated rings. The van der Waals surface area contributed by atoms with Crippen molar-refractivity contribution in [3.8, 4) is 11.1 Å². The van der Waals surface area contributed by atoms with Crippen molar-refractivity contribution in [2.75, 3.05) is 39.3 Å². The Kier molecular flexibility index (Phi) is 15.3. The van der Waals surface area contributed by atoms with Gasteiger partial charge in [0.2, 0.25) is 26.0 Å². The summed E-state index contributed by atoms with van der Waals surface area (Å²) in [6.07, 6.45) is 0.999. The quantitative estimate of drug-likeness (QED) is 0.116. The summed E-state index contributed by atoms with van der Waals surface area (Å²) in [5, 5.41) is 15.6. The van der Waals surface area contributed by atoms with Gasteiger partial charge in [0.1, 0.15) is 24.3 Å². The van der Waals surface area contributed by atoms with Gasteiger partial charge in [0.05, 0.1) is 12.6 Å². The van der Waals surface area contributed by atoms with Crippen molar-refractivity contribution in [1.29, 1.82) is 0 Å². The second kappa shape index (κ2) is 18.9. The van der Waals surface area contributed by atoms with E-state index in [0.717, 1.165) is 23.8 Å². The molecule has 0 bridgehead atoms. The average molecular weight is 757 g/mol. The Bertz CT molecular complexity index is 1710. The number of benzene rings is 2. The van der Waals surface area contributed by atoms with Crippen LogP contribution in [0.25, 0.3) is 11.1 Å². The normalized spacial score (nSPS) is 12.8. The van der Waals surface area contributed by atoms with Crippen molar-refractivity contribution in [3.05, 3.63) is 83.7 Å². The molecule has 0 aliphatic carbocycles. The number of carbonyl (C=O) groups is 4. The second-order valence-electron chi connectivity index (χ2n) is 14.8. The van der Waals surface area contributed by atoms with E-state index in [0.29, 0.717) is 17.8 Å². The van der Waals surface area contributed by atoms with Gasteiger partial charge in [-0.3, -0.25) is 19.3 Å². The maximum atomic E-state index is 15.2. The number of nitrogens with two attached hydrogens (primary N) is 1. The lowest BCUT2D eigenvalue weighted by Gasteiger charge is -2.42. The number of nitrogens with zero attached hydrogens (tertiary/aromatic N) is 3. The summed E-state index contributed by atoms with van der Waals surface area (Å²) in [6, 6.07) is 12.6. The summed E-state index contributed by atoms with van der Waals surface area (Å²) >= 11 is 0. The predicted octanol–water partition coefficient (Wildman–Crippen LogP) is 4.63. The number of hydrogen-bond acceptors (Lipinski definition) is 7. The Balaban J connectivity index is 2.12. The molecule has 53 heavy (non-hydrogen) atoms. The highest BCUT2D eigenvalue weighted by Crippen LogP contribution is 2.41. The lowest BCUT2D eigenvalue weighted by molar-refractivity contribution is -0.140. The van der Waals surface area contributed by atoms with Crippen LogP contribution in [0.4, 0.5) is 13.6 Å². The number of amides is 4. The molecule has 12 nitrogen and oxygen atoms in total. The maximum absolute atomic E-state index is 15.2. The van der Waals surface area contributed by atoms with Crippen LogP contribution in [-0.4, -0.2) is 97.0 Å². The zero-order valence-electron chi connectivity index (χ0n) is 31.7. The first-order valence-corrected chi connectivity index (χ1v) is 21.1. The molecule has 15 heteroatoms. The van der Waals surface area contributed by atoms with Gasteiger partial charge >= 0.3 is 6.09 Å². The molecule has 2 unspecified atom stereocenters. The van der Waals surface area contributed by atoms with Gasteiger partial charge in [-0.15, -0.1) is 0 Å². The topological polar surface area (TPSA) is 159 Å². The lowest BCUT2D eigenvalue weighted by atomic mass is 9.82. The van der Waals surface area contributed by atoms with Crippen LogP contribution in [0, 0.1) is 17.0 Å². The Morgan fingerprint density at radius 3 is 2.23 bits per heavy atom. The first-order chi connectivity index (χ1) is 24.9. The van der Waals surface area contributed by atoms with Crippen LogP contribution in [0.15, 0.2) is 60.8 Å². The molecule has 290 valence electrons. The molecule has 1 heterocycles. The molecule has 2 atom stereocenters. The molecule has 3 aromatic rings. The van der Waals surface area contributed by atoms with E-state index in [-0.39, 0.29) is 44.7 Å². The summed E-state index contributed by atoms with van der Waals surface area (Å²) < 4.78 is 37.2. The van der Waals surface area contributed by atoms with Crippen LogP contribution in [-0.2, 0) is 25.4 Å². The van der Waals surface area contributed by atoms with Gasteiger partial charge in [0.25, 0.3) is 0 Å². The van der Waals surface area contributed by atoms with Crippen LogP contribution in [0.3, 0.4) is 0 Å². The molecule has 4 amide bonds. The third-order valence-corrected chi connectivity index (χ3v) is 9.24. The number of carbonyl (C=O) groups excluding carboxylic acids is 4. The zero-order chi connectivity index (χ0) is 39.5. The van der Waals surface area contributed by atoms with Crippen LogP contribution in [0.2, 0.25) is 19.6 Å². The number of likely N-dealkylation sites (N-methyl/N-ethyl adjacent to an activating group) is 1. The van der Waals surface area contributed by atoms with Crippen LogP contribution >= 0.6 is 0 Å². The van der Waals surface area contributed by atoms with Crippen LogP contribution in [0.1, 0.15) is 51.4 Å². The highest BCUT2D eigenvalue weighted by molar-refractivity contribution is 6.71. The maximum Gasteiger partial charge on any atom is 0.396 e. The van der Waals surface area contributed by atoms with Gasteiger partial charge in [0, 0.05) is 55.7 Å². The number of aliphatic hydroxyl groups is 1. The van der Waals surface area contributed by atoms with Crippen LogP contribution in [0.5, 0.6) is 0 Å². The average Bonchev–Trinajstić information content (AvgIpc) is 3.49. The number of rotatable bonds is 17. The fraction of sp³-hybridized carbons (Fsp3) is 0.474. The Labute approximate surface area is 311 Å². The number of aromatic nitrogens is 1. The molecule has 0 aliphatic heterocycles. The predicted molar refractivity (Wildman–Crippen MR) is 202 cm³/mol. The minimum absolute atomic E-state index is 0.0429. The molecular formula is C38H54F2N6O6Si. The molecule has 1 aromatic heterocycles. The van der Waals surface area contributed by atoms with E-state index in [1.54, 1.807) is 19.2 Å². The van der Waals surface area contributed by atoms with Crippen molar-refractivity contribution < 1.29 is 37.5 Å². The fourth-order valence-electron chi connectivity index (χ4n) is 6.17. The van der Waals surface area contributed by atoms with Crippen molar-refractivity contribution in [2.24, 2.45) is 11.1 Å². The van der Waals surface area contributed by atoms with E-state index in [2.05, 4.69) is 10.6 Å². The van der Waals surface area contributed by atoms with Gasteiger partial charge in [-0.05, 0) is 68.2 Å². The highest BCUT2D eigenvalue weighted by Gasteiger charge is 2.39. The smallest absolute Gasteiger partial charge is 0.396 e. The van der Waals surface area contributed by atoms with Crippen LogP contribution < -0.4 is 16.4 Å². The molecule has 0 saturated carbocycles. The number of nitrogens with one attached hydrogen (secondary N) is 2. The summed E-state index contributed by atoms with van der Waals surface area (Å²) in [7, 11) is -2.39. The Morgan fingerprint density at radius 1 is 0.981 bits per heavy atom. The van der Waals surface area contributed by atoms with Crippen molar-refractivity contribution >= 4 is 32.1 Å². The molecule has 0 spiro atoms. The van der Waals surface area contributed by atoms with Gasteiger partial charge in [-0.25, -0.2) is 13.6 Å². The van der Waals surface area contributed by atoms with Crippen molar-refractivity contribution in [2.45, 2.75) is 72.4 Å². The van der Waals surface area contributed by atoms with E-state index in [1.807, 2.05) is 75.3 Å². The molecule has 0 saturated heterocycles. The lowest BCUT2D eigenvalue weighted by Crippen LogP contribution is -2.54. The zero-order valence-corrected chi connectivity index (χ0v) is 32.7. The summed E-state index contributed by atoms with van der Waals surface area (Å²) in [4.78, 5) is 55.4. The van der Waals surface area contributed by atoms with Gasteiger partial charge in [-0.2, -0.15) is 0 Å². The van der Waals surface area contributed by atoms with E-state index < -0.39 is 67.9 Å². The molecular weight excluding hydrogens is 703 g/mol. The van der Waals surface area contributed by atoms with Gasteiger partial charge in [-0.1, -0.05) is 51.1 Å². The van der Waals surface area contributed by atoms with E-state index >= 15 is 4.39 Å². The first-order valence-electron chi connectivity index (χ1n) is 17.7. The van der Waals surface area contributed by atoms with E-state index in [4.69, 9.17) is 10.2 Å². The minimum atomic E-state index is -2.39. The van der Waals surface area contributed by atoms with E-state index in [1.165, 1.54) is 9.80 Å². The molecule has 0 radical (unpaired) electrons. The molecule has 0 aliphatic rings. The summed E-state index contributed by atoms with van der Waals surface area (Å²) in [5.41, 5.74) is 6.60. The third-order valence-electron chi connectivity index (χ3n) is 8.46. The number of aliphatic hydroxyl groups excluding tert-OH is 1. The standard InChI is InChI=1S/C38H54F2N6O6Si/c1-8-45(37(51)52-53(5,6)7)31(36(50)43-18-17-42-33(48)22-41)16-19-46(34(49)25-47)35(38(2,3)4)32-20-27(29-21-28(39)14-15-30(29)40)24-44(32)23-26-12-10-9-11-13-26/h9-15,20-21,24,31,35,47H,8,16-19,22-23,25,41H2,1-7H3,(H,42,48)(H,43,50). The van der Waals surface area contributed by atoms with Gasteiger partial charge < -0.3 is 35.4 Å². The van der Waals surface area contributed by atoms with Crippen molar-refractivity contribution in [1.82, 2.24) is 25.0 Å². The van der Waals surface area contributed by atoms with Gasteiger partial charge in [0.15, 0.2) is 0 Å². The number of halogens is 2. The van der Waals surface area contributed by atoms with E-state index in [9.17, 15) is 28.7 Å². The SMILES string of the molecule is CCN(C(=O)O[Si](C)(C)C)C(CCN(C(=O)CO)C(c1cc(-c2cc(F)ccc2F)cn1Cc1ccccc1)C(C)(C)C)C(=O)NCCNC(=O)CN.